The summed E-state index contributed by atoms with van der Waals surface area (Å²) >= 11 is 0. The quantitative estimate of drug-likeness (QED) is 0.433. The van der Waals surface area contributed by atoms with E-state index in [9.17, 15) is 4.21 Å². The minimum Gasteiger partial charge on any atom is -0.405 e. The second-order valence-electron chi connectivity index (χ2n) is 9.97. The molecule has 0 heterocycles. The van der Waals surface area contributed by atoms with Crippen LogP contribution in [0.25, 0.3) is 0 Å². The van der Waals surface area contributed by atoms with Crippen molar-refractivity contribution in [3.63, 3.8) is 0 Å². The highest BCUT2D eigenvalue weighted by Gasteiger charge is 2.73. The molecule has 0 saturated heterocycles. The molecule has 0 spiro atoms. The van der Waals surface area contributed by atoms with Gasteiger partial charge in [-0.05, 0) is 57.0 Å². The second kappa shape index (κ2) is 8.93. The monoisotopic (exact) mass is 457 g/mol. The summed E-state index contributed by atoms with van der Waals surface area (Å²) < 4.78 is 24.0. The molecule has 0 aromatic heterocycles. The molecule has 1 aliphatic carbocycles. The Labute approximate surface area is 192 Å². The molecule has 3 nitrogen and oxygen atoms in total. The van der Waals surface area contributed by atoms with E-state index in [0.717, 1.165) is 30.1 Å². The summed E-state index contributed by atoms with van der Waals surface area (Å²) in [5.74, 6) is 0. The minimum atomic E-state index is -1.94. The Morgan fingerprint density at radius 1 is 0.935 bits per heavy atom. The number of aryl methyl sites for hydroxylation is 1. The Kier molecular flexibility index (Phi) is 7.02. The third kappa shape index (κ3) is 4.47. The van der Waals surface area contributed by atoms with E-state index < -0.39 is 30.4 Å². The lowest BCUT2D eigenvalue weighted by atomic mass is 9.96. The van der Waals surface area contributed by atoms with Crippen LogP contribution in [0, 0.1) is 6.92 Å². The summed E-state index contributed by atoms with van der Waals surface area (Å²) in [6, 6.07) is 22.5. The molecule has 3 rings (SSSR count). The lowest BCUT2D eigenvalue weighted by molar-refractivity contribution is 0.131. The highest BCUT2D eigenvalue weighted by Crippen LogP contribution is 2.66. The van der Waals surface area contributed by atoms with Crippen molar-refractivity contribution >= 4 is 19.3 Å². The standard InChI is InChI=1S/C26H39NO2SSi/c1-8-31(9-2,10-3)29-26(23-18-16-21(4)17-19-23)20-25(26,22-14-12-11-13-15-22)27-30(28)24(5,6)7/h11-19,27H,8-10,20H2,1-7H3/t25-,26+,30-/m1/s1. The largest absolute Gasteiger partial charge is 0.405 e. The maximum atomic E-state index is 13.4. The lowest BCUT2D eigenvalue weighted by Gasteiger charge is -2.38. The van der Waals surface area contributed by atoms with Crippen molar-refractivity contribution in [2.24, 2.45) is 0 Å². The fourth-order valence-corrected chi connectivity index (χ4v) is 8.58. The molecule has 31 heavy (non-hydrogen) atoms. The van der Waals surface area contributed by atoms with Crippen LogP contribution in [0.4, 0.5) is 0 Å². The third-order valence-electron chi connectivity index (χ3n) is 7.01. The zero-order valence-corrected chi connectivity index (χ0v) is 22.1. The van der Waals surface area contributed by atoms with Gasteiger partial charge in [0.1, 0.15) is 5.60 Å². The molecule has 1 fully saturated rings. The highest BCUT2D eigenvalue weighted by atomic mass is 32.2. The van der Waals surface area contributed by atoms with Crippen LogP contribution in [-0.2, 0) is 26.6 Å². The van der Waals surface area contributed by atoms with E-state index in [-0.39, 0.29) is 4.75 Å². The van der Waals surface area contributed by atoms with Gasteiger partial charge in [0.15, 0.2) is 8.32 Å². The molecule has 170 valence electrons. The molecule has 1 saturated carbocycles. The van der Waals surface area contributed by atoms with E-state index in [4.69, 9.17) is 4.43 Å². The summed E-state index contributed by atoms with van der Waals surface area (Å²) in [5, 5.41) is 0. The van der Waals surface area contributed by atoms with Crippen molar-refractivity contribution in [2.45, 2.75) is 88.9 Å². The van der Waals surface area contributed by atoms with Crippen LogP contribution in [0.15, 0.2) is 54.6 Å². The van der Waals surface area contributed by atoms with Gasteiger partial charge in [0.2, 0.25) is 0 Å². The first-order chi connectivity index (χ1) is 14.6. The average molecular weight is 458 g/mol. The van der Waals surface area contributed by atoms with Gasteiger partial charge in [-0.15, -0.1) is 0 Å². The zero-order valence-electron chi connectivity index (χ0n) is 20.2. The molecule has 2 aromatic rings. The van der Waals surface area contributed by atoms with Crippen molar-refractivity contribution in [1.29, 1.82) is 0 Å². The average Bonchev–Trinajstić information content (AvgIpc) is 3.41. The van der Waals surface area contributed by atoms with Crippen molar-refractivity contribution in [1.82, 2.24) is 4.72 Å². The second-order valence-corrected chi connectivity index (χ2v) is 16.6. The van der Waals surface area contributed by atoms with Gasteiger partial charge in [0.25, 0.3) is 0 Å². The normalized spacial score (nSPS) is 24.7. The molecular formula is C26H39NO2SSi. The first-order valence-electron chi connectivity index (χ1n) is 11.6. The maximum absolute atomic E-state index is 13.4. The molecule has 0 amide bonds. The van der Waals surface area contributed by atoms with Crippen LogP contribution in [-0.4, -0.2) is 17.3 Å². The van der Waals surface area contributed by atoms with Crippen molar-refractivity contribution in [3.8, 4) is 0 Å². The number of rotatable bonds is 9. The topological polar surface area (TPSA) is 38.3 Å². The van der Waals surface area contributed by atoms with Crippen LogP contribution < -0.4 is 4.72 Å². The number of benzene rings is 2. The van der Waals surface area contributed by atoms with E-state index >= 15 is 0 Å². The first kappa shape index (κ1) is 24.4. The Hall–Kier alpha value is -1.27. The molecule has 0 bridgehead atoms. The molecule has 1 aliphatic rings. The van der Waals surface area contributed by atoms with Gasteiger partial charge < -0.3 is 4.43 Å². The summed E-state index contributed by atoms with van der Waals surface area (Å²) in [4.78, 5) is 0. The van der Waals surface area contributed by atoms with Gasteiger partial charge in [-0.2, -0.15) is 0 Å². The van der Waals surface area contributed by atoms with Crippen molar-refractivity contribution in [2.75, 3.05) is 0 Å². The smallest absolute Gasteiger partial charge is 0.193 e. The summed E-state index contributed by atoms with van der Waals surface area (Å²) in [6.45, 7) is 15.0. The number of nitrogens with one attached hydrogen (secondary N) is 1. The fraction of sp³-hybridized carbons (Fsp3) is 0.538. The molecule has 0 aliphatic heterocycles. The zero-order chi connectivity index (χ0) is 22.9. The van der Waals surface area contributed by atoms with Crippen LogP contribution in [0.5, 0.6) is 0 Å². The van der Waals surface area contributed by atoms with E-state index in [1.165, 1.54) is 11.1 Å². The summed E-state index contributed by atoms with van der Waals surface area (Å²) in [6.07, 6.45) is 0.795. The Morgan fingerprint density at radius 3 is 1.97 bits per heavy atom. The fourth-order valence-electron chi connectivity index (χ4n) is 4.57. The predicted molar refractivity (Wildman–Crippen MR) is 135 cm³/mol. The Morgan fingerprint density at radius 2 is 1.48 bits per heavy atom. The summed E-state index contributed by atoms with van der Waals surface area (Å²) in [5.41, 5.74) is 2.57. The van der Waals surface area contributed by atoms with Gasteiger partial charge >= 0.3 is 0 Å². The van der Waals surface area contributed by atoms with E-state index in [0.29, 0.717) is 0 Å². The predicted octanol–water partition coefficient (Wildman–Crippen LogP) is 6.56. The molecule has 2 aromatic carbocycles. The summed E-state index contributed by atoms with van der Waals surface area (Å²) in [7, 11) is -3.16. The van der Waals surface area contributed by atoms with Gasteiger partial charge in [-0.1, -0.05) is 80.9 Å². The van der Waals surface area contributed by atoms with E-state index in [1.54, 1.807) is 0 Å². The van der Waals surface area contributed by atoms with E-state index in [2.05, 4.69) is 80.9 Å². The van der Waals surface area contributed by atoms with Crippen LogP contribution in [0.1, 0.15) is 64.7 Å². The van der Waals surface area contributed by atoms with E-state index in [1.807, 2.05) is 26.8 Å². The molecule has 0 radical (unpaired) electrons. The first-order valence-corrected chi connectivity index (χ1v) is 15.3. The molecule has 5 heteroatoms. The highest BCUT2D eigenvalue weighted by molar-refractivity contribution is 7.84. The van der Waals surface area contributed by atoms with Crippen LogP contribution in [0.3, 0.4) is 0 Å². The van der Waals surface area contributed by atoms with Crippen molar-refractivity contribution < 1.29 is 8.63 Å². The minimum absolute atomic E-state index is 0.363. The Bertz CT molecular complexity index is 897. The van der Waals surface area contributed by atoms with Gasteiger partial charge in [0, 0.05) is 6.42 Å². The Balaban J connectivity index is 2.19. The van der Waals surface area contributed by atoms with Gasteiger partial charge in [-0.25, -0.2) is 8.93 Å². The van der Waals surface area contributed by atoms with Crippen LogP contribution in [0.2, 0.25) is 18.1 Å². The molecule has 3 atom stereocenters. The van der Waals surface area contributed by atoms with Crippen LogP contribution >= 0.6 is 0 Å². The van der Waals surface area contributed by atoms with Gasteiger partial charge in [0.05, 0.1) is 21.3 Å². The maximum Gasteiger partial charge on any atom is 0.193 e. The lowest BCUT2D eigenvalue weighted by Crippen LogP contribution is -2.48. The molecule has 0 unspecified atom stereocenters. The SMILES string of the molecule is CC[Si](CC)(CC)O[C@]1(c2ccc(C)cc2)C[C@@]1(N[S@](=O)C(C)(C)C)c1ccccc1. The number of hydrogen-bond donors (Lipinski definition) is 1. The number of hydrogen-bond acceptors (Lipinski definition) is 2. The van der Waals surface area contributed by atoms with Crippen molar-refractivity contribution in [3.05, 3.63) is 71.3 Å². The molecular weight excluding hydrogens is 418 g/mol. The van der Waals surface area contributed by atoms with Gasteiger partial charge in [-0.3, -0.25) is 0 Å². The molecule has 1 N–H and O–H groups in total. The third-order valence-corrected chi connectivity index (χ3v) is 13.3.